The Balaban J connectivity index is 1.51. The van der Waals surface area contributed by atoms with E-state index in [1.165, 1.54) is 11.4 Å². The SMILES string of the molecule is COc1ccc(S(=O)(=O)N2CCN(C(=O)NC[C@H](C(C)C)N3CCOCC3)CC2)cc1. The number of hydrogen-bond donors (Lipinski definition) is 1. The summed E-state index contributed by atoms with van der Waals surface area (Å²) < 4.78 is 37.7. The van der Waals surface area contributed by atoms with Crippen molar-refractivity contribution in [2.24, 2.45) is 5.92 Å². The van der Waals surface area contributed by atoms with Crippen LogP contribution in [-0.4, -0.2) is 101 Å². The summed E-state index contributed by atoms with van der Waals surface area (Å²) in [6.07, 6.45) is 0. The number of amides is 2. The summed E-state index contributed by atoms with van der Waals surface area (Å²) in [6.45, 7) is 9.38. The van der Waals surface area contributed by atoms with Crippen LogP contribution >= 0.6 is 0 Å². The lowest BCUT2D eigenvalue weighted by Gasteiger charge is -2.38. The van der Waals surface area contributed by atoms with Crippen molar-refractivity contribution in [1.82, 2.24) is 19.4 Å². The van der Waals surface area contributed by atoms with E-state index in [0.717, 1.165) is 26.3 Å². The van der Waals surface area contributed by atoms with Gasteiger partial charge in [-0.1, -0.05) is 13.8 Å². The van der Waals surface area contributed by atoms with Gasteiger partial charge in [-0.3, -0.25) is 4.90 Å². The van der Waals surface area contributed by atoms with Gasteiger partial charge in [0.1, 0.15) is 5.75 Å². The molecular weight excluding hydrogens is 420 g/mol. The first-order chi connectivity index (χ1) is 14.8. The lowest BCUT2D eigenvalue weighted by atomic mass is 10.0. The minimum absolute atomic E-state index is 0.139. The minimum atomic E-state index is -3.59. The Morgan fingerprint density at radius 2 is 1.68 bits per heavy atom. The standard InChI is InChI=1S/C21H34N4O5S/c1-17(2)20(23-12-14-30-15-13-23)16-22-21(26)24-8-10-25(11-9-24)31(27,28)19-6-4-18(29-3)5-7-19/h4-7,17,20H,8-16H2,1-3H3,(H,22,26)/t20-/m1/s1. The zero-order valence-electron chi connectivity index (χ0n) is 18.6. The van der Waals surface area contributed by atoms with Gasteiger partial charge in [-0.2, -0.15) is 4.31 Å². The van der Waals surface area contributed by atoms with E-state index in [4.69, 9.17) is 9.47 Å². The van der Waals surface area contributed by atoms with E-state index in [9.17, 15) is 13.2 Å². The molecule has 0 aromatic heterocycles. The van der Waals surface area contributed by atoms with Crippen LogP contribution < -0.4 is 10.1 Å². The van der Waals surface area contributed by atoms with Gasteiger partial charge in [0.05, 0.1) is 25.2 Å². The number of nitrogens with zero attached hydrogens (tertiary/aromatic N) is 3. The highest BCUT2D eigenvalue weighted by Gasteiger charge is 2.31. The van der Waals surface area contributed by atoms with E-state index in [0.29, 0.717) is 31.3 Å². The molecule has 0 bridgehead atoms. The Kier molecular flexibility index (Phi) is 8.15. The summed E-state index contributed by atoms with van der Waals surface area (Å²) in [6, 6.07) is 6.48. The number of benzene rings is 1. The molecule has 9 nitrogen and oxygen atoms in total. The highest BCUT2D eigenvalue weighted by atomic mass is 32.2. The van der Waals surface area contributed by atoms with Gasteiger partial charge in [-0.05, 0) is 30.2 Å². The molecule has 0 unspecified atom stereocenters. The Morgan fingerprint density at radius 1 is 1.06 bits per heavy atom. The van der Waals surface area contributed by atoms with Crippen molar-refractivity contribution in [3.05, 3.63) is 24.3 Å². The molecule has 0 spiro atoms. The molecule has 2 heterocycles. The van der Waals surface area contributed by atoms with Gasteiger partial charge >= 0.3 is 6.03 Å². The molecule has 0 saturated carbocycles. The number of morpholine rings is 1. The smallest absolute Gasteiger partial charge is 0.317 e. The Labute approximate surface area is 185 Å². The zero-order valence-corrected chi connectivity index (χ0v) is 19.4. The zero-order chi connectivity index (χ0) is 22.4. The van der Waals surface area contributed by atoms with Crippen LogP contribution in [0.25, 0.3) is 0 Å². The molecule has 1 aromatic carbocycles. The van der Waals surface area contributed by atoms with Crippen LogP contribution in [0.4, 0.5) is 4.79 Å². The molecule has 0 radical (unpaired) electrons. The monoisotopic (exact) mass is 454 g/mol. The molecule has 2 aliphatic heterocycles. The van der Waals surface area contributed by atoms with Crippen molar-refractivity contribution in [3.63, 3.8) is 0 Å². The lowest BCUT2D eigenvalue weighted by molar-refractivity contribution is 0.00688. The van der Waals surface area contributed by atoms with E-state index in [1.54, 1.807) is 29.2 Å². The molecule has 2 amide bonds. The number of piperazine rings is 1. The van der Waals surface area contributed by atoms with Gasteiger partial charge in [-0.15, -0.1) is 0 Å². The maximum Gasteiger partial charge on any atom is 0.317 e. The van der Waals surface area contributed by atoms with Crippen molar-refractivity contribution < 1.29 is 22.7 Å². The summed E-state index contributed by atoms with van der Waals surface area (Å²) in [5, 5.41) is 3.05. The number of ether oxygens (including phenoxy) is 2. The Bertz CT molecular complexity index is 817. The maximum atomic E-state index is 12.9. The van der Waals surface area contributed by atoms with Gasteiger partial charge in [-0.25, -0.2) is 13.2 Å². The second-order valence-corrected chi connectivity index (χ2v) is 10.2. The van der Waals surface area contributed by atoms with E-state index < -0.39 is 10.0 Å². The molecule has 174 valence electrons. The summed E-state index contributed by atoms with van der Waals surface area (Å²) >= 11 is 0. The number of rotatable bonds is 7. The largest absolute Gasteiger partial charge is 0.497 e. The second kappa shape index (κ2) is 10.6. The lowest BCUT2D eigenvalue weighted by Crippen LogP contribution is -2.56. The van der Waals surface area contributed by atoms with Crippen molar-refractivity contribution in [3.8, 4) is 5.75 Å². The third-order valence-electron chi connectivity index (χ3n) is 5.97. The third-order valence-corrected chi connectivity index (χ3v) is 7.88. The predicted molar refractivity (Wildman–Crippen MR) is 118 cm³/mol. The van der Waals surface area contributed by atoms with Crippen LogP contribution in [-0.2, 0) is 14.8 Å². The molecule has 1 N–H and O–H groups in total. The average Bonchev–Trinajstić information content (AvgIpc) is 2.79. The number of sulfonamides is 1. The molecular formula is C21H34N4O5S. The highest BCUT2D eigenvalue weighted by molar-refractivity contribution is 7.89. The van der Waals surface area contributed by atoms with Crippen LogP contribution in [0.2, 0.25) is 0 Å². The average molecular weight is 455 g/mol. The first kappa shape index (κ1) is 23.8. The van der Waals surface area contributed by atoms with Crippen molar-refractivity contribution >= 4 is 16.1 Å². The fourth-order valence-electron chi connectivity index (χ4n) is 4.03. The van der Waals surface area contributed by atoms with Crippen molar-refractivity contribution in [2.75, 3.05) is 66.1 Å². The van der Waals surface area contributed by atoms with E-state index in [2.05, 4.69) is 24.1 Å². The third kappa shape index (κ3) is 5.88. The van der Waals surface area contributed by atoms with Crippen molar-refractivity contribution in [1.29, 1.82) is 0 Å². The van der Waals surface area contributed by atoms with Crippen LogP contribution in [0.15, 0.2) is 29.2 Å². The summed E-state index contributed by atoms with van der Waals surface area (Å²) in [4.78, 5) is 17.0. The molecule has 10 heteroatoms. The summed E-state index contributed by atoms with van der Waals surface area (Å²) in [7, 11) is -2.05. The van der Waals surface area contributed by atoms with Gasteiger partial charge in [0, 0.05) is 51.9 Å². The predicted octanol–water partition coefficient (Wildman–Crippen LogP) is 1.07. The quantitative estimate of drug-likeness (QED) is 0.663. The molecule has 2 saturated heterocycles. The molecule has 1 aromatic rings. The van der Waals surface area contributed by atoms with Crippen LogP contribution in [0.5, 0.6) is 5.75 Å². The first-order valence-corrected chi connectivity index (χ1v) is 12.3. The highest BCUT2D eigenvalue weighted by Crippen LogP contribution is 2.21. The molecule has 31 heavy (non-hydrogen) atoms. The number of hydrogen-bond acceptors (Lipinski definition) is 6. The van der Waals surface area contributed by atoms with Gasteiger partial charge in [0.25, 0.3) is 0 Å². The number of carbonyl (C=O) groups is 1. The Hall–Kier alpha value is -1.88. The van der Waals surface area contributed by atoms with Gasteiger partial charge in [0.15, 0.2) is 0 Å². The molecule has 2 aliphatic rings. The van der Waals surface area contributed by atoms with E-state index >= 15 is 0 Å². The van der Waals surface area contributed by atoms with Crippen LogP contribution in [0, 0.1) is 5.92 Å². The van der Waals surface area contributed by atoms with Crippen molar-refractivity contribution in [2.45, 2.75) is 24.8 Å². The number of nitrogens with one attached hydrogen (secondary N) is 1. The molecule has 0 aliphatic carbocycles. The van der Waals surface area contributed by atoms with E-state index in [1.807, 2.05) is 0 Å². The van der Waals surface area contributed by atoms with Crippen LogP contribution in [0.1, 0.15) is 13.8 Å². The second-order valence-electron chi connectivity index (χ2n) is 8.21. The minimum Gasteiger partial charge on any atom is -0.497 e. The molecule has 3 rings (SSSR count). The number of urea groups is 1. The summed E-state index contributed by atoms with van der Waals surface area (Å²) in [5.41, 5.74) is 0. The number of carbonyl (C=O) groups excluding carboxylic acids is 1. The first-order valence-electron chi connectivity index (χ1n) is 10.8. The normalized spacial score (nSPS) is 19.9. The fraction of sp³-hybridized carbons (Fsp3) is 0.667. The Morgan fingerprint density at radius 3 is 2.23 bits per heavy atom. The van der Waals surface area contributed by atoms with Gasteiger partial charge in [0.2, 0.25) is 10.0 Å². The van der Waals surface area contributed by atoms with E-state index in [-0.39, 0.29) is 30.1 Å². The fourth-order valence-corrected chi connectivity index (χ4v) is 5.45. The topological polar surface area (TPSA) is 91.4 Å². The maximum absolute atomic E-state index is 12.9. The summed E-state index contributed by atoms with van der Waals surface area (Å²) in [5.74, 6) is 1.02. The van der Waals surface area contributed by atoms with Crippen LogP contribution in [0.3, 0.4) is 0 Å². The number of methoxy groups -OCH3 is 1. The molecule has 1 atom stereocenters. The van der Waals surface area contributed by atoms with Gasteiger partial charge < -0.3 is 19.7 Å². The molecule has 2 fully saturated rings.